The van der Waals surface area contributed by atoms with Gasteiger partial charge in [-0.15, -0.1) is 5.56 Å². The van der Waals surface area contributed by atoms with Crippen molar-refractivity contribution >= 4 is 11.5 Å². The number of pyridine rings is 1. The molecule has 1 aromatic heterocycles. The molecule has 1 aliphatic rings. The van der Waals surface area contributed by atoms with Crippen molar-refractivity contribution in [1.82, 2.24) is 4.98 Å². The molecule has 0 bridgehead atoms. The van der Waals surface area contributed by atoms with E-state index in [4.69, 9.17) is 5.26 Å². The van der Waals surface area contributed by atoms with E-state index in [1.54, 1.807) is 0 Å². The number of nitriles is 1. The van der Waals surface area contributed by atoms with Crippen molar-refractivity contribution in [2.75, 3.05) is 6.54 Å². The van der Waals surface area contributed by atoms with Gasteiger partial charge in [-0.25, -0.2) is 11.1 Å². The molecule has 0 saturated heterocycles. The van der Waals surface area contributed by atoms with Crippen molar-refractivity contribution in [3.63, 3.8) is 0 Å². The van der Waals surface area contributed by atoms with E-state index in [1.165, 1.54) is 12.3 Å². The second kappa shape index (κ2) is 10.8. The Hall–Kier alpha value is -1.12. The van der Waals surface area contributed by atoms with Crippen LogP contribution in [0, 0.1) is 24.8 Å². The monoisotopic (exact) mass is 333 g/mol. The standard InChI is InChI=1S/C10H7N4O.C2H6.CH3.Y/c11-5-8-3-4-12-10(14-8)7-1-2-9(15)13-6-7;1-2;;/h1,6H,3-4H2,(H,13,15);1-2H3;1H3;/q-1;;-1;. The van der Waals surface area contributed by atoms with Gasteiger partial charge in [-0.05, 0) is 0 Å². The van der Waals surface area contributed by atoms with E-state index in [0.717, 1.165) is 0 Å². The van der Waals surface area contributed by atoms with Gasteiger partial charge in [-0.2, -0.15) is 11.3 Å². The molecule has 0 unspecified atom stereocenters. The van der Waals surface area contributed by atoms with E-state index < -0.39 is 0 Å². The first kappa shape index (κ1) is 20.2. The first-order chi connectivity index (χ1) is 8.29. The molecule has 1 aliphatic heterocycles. The number of amidine groups is 1. The van der Waals surface area contributed by atoms with Crippen molar-refractivity contribution < 1.29 is 32.7 Å². The molecule has 19 heavy (non-hydrogen) atoms. The van der Waals surface area contributed by atoms with E-state index in [-0.39, 0.29) is 45.7 Å². The van der Waals surface area contributed by atoms with Gasteiger partial charge in [0.05, 0.1) is 5.84 Å². The summed E-state index contributed by atoms with van der Waals surface area (Å²) in [6.07, 6.45) is 2.09. The molecular weight excluding hydrogens is 317 g/mol. The maximum Gasteiger partial charge on any atom is 0.155 e. The first-order valence-corrected chi connectivity index (χ1v) is 5.42. The Balaban J connectivity index is 0. The summed E-state index contributed by atoms with van der Waals surface area (Å²) < 4.78 is 0. The molecule has 0 saturated carbocycles. The summed E-state index contributed by atoms with van der Waals surface area (Å²) in [5, 5.41) is 8.70. The zero-order chi connectivity index (χ0) is 12.7. The number of nitrogens with zero attached hydrogens (tertiary/aromatic N) is 3. The summed E-state index contributed by atoms with van der Waals surface area (Å²) in [5.74, 6) is 0.477. The fourth-order valence-corrected chi connectivity index (χ4v) is 1.22. The topological polar surface area (TPSA) is 81.4 Å². The van der Waals surface area contributed by atoms with E-state index in [2.05, 4.69) is 21.0 Å². The molecule has 6 heteroatoms. The zero-order valence-corrected chi connectivity index (χ0v) is 14.2. The predicted molar refractivity (Wildman–Crippen MR) is 72.7 cm³/mol. The molecule has 2 heterocycles. The molecule has 0 aromatic carbocycles. The largest absolute Gasteiger partial charge is 0.362 e. The molecule has 1 aromatic rings. The number of rotatable bonds is 1. The van der Waals surface area contributed by atoms with Crippen LogP contribution in [-0.4, -0.2) is 23.1 Å². The van der Waals surface area contributed by atoms with Crippen LogP contribution in [0.3, 0.4) is 0 Å². The quantitative estimate of drug-likeness (QED) is 0.795. The predicted octanol–water partition coefficient (Wildman–Crippen LogP) is 1.76. The fourth-order valence-electron chi connectivity index (χ4n) is 1.22. The van der Waals surface area contributed by atoms with Crippen LogP contribution < -0.4 is 5.56 Å². The number of aliphatic imine (C=N–C) groups is 2. The molecule has 0 atom stereocenters. The van der Waals surface area contributed by atoms with Gasteiger partial charge in [0, 0.05) is 45.7 Å². The van der Waals surface area contributed by atoms with Gasteiger partial charge < -0.3 is 12.4 Å². The van der Waals surface area contributed by atoms with Crippen LogP contribution in [0.5, 0.6) is 0 Å². The second-order valence-corrected chi connectivity index (χ2v) is 2.99. The Morgan fingerprint density at radius 1 is 1.47 bits per heavy atom. The number of nitrogens with one attached hydrogen (secondary N) is 1. The number of aromatic amines is 1. The Morgan fingerprint density at radius 2 is 2.16 bits per heavy atom. The molecule has 0 fully saturated rings. The summed E-state index contributed by atoms with van der Waals surface area (Å²) in [7, 11) is 0. The van der Waals surface area contributed by atoms with Crippen molar-refractivity contribution in [2.45, 2.75) is 20.3 Å². The number of H-pyrrole nitrogens is 1. The summed E-state index contributed by atoms with van der Waals surface area (Å²) in [6, 6.07) is 6.00. The Bertz CT molecular complexity index is 520. The molecule has 2 rings (SSSR count). The van der Waals surface area contributed by atoms with Crippen LogP contribution in [0.2, 0.25) is 0 Å². The third kappa shape index (κ3) is 6.04. The van der Waals surface area contributed by atoms with Gasteiger partial charge in [-0.1, -0.05) is 20.0 Å². The minimum absolute atomic E-state index is 0. The fraction of sp³-hybridized carbons (Fsp3) is 0.308. The van der Waals surface area contributed by atoms with E-state index in [9.17, 15) is 4.79 Å². The van der Waals surface area contributed by atoms with Crippen LogP contribution in [-0.2, 0) is 32.7 Å². The van der Waals surface area contributed by atoms with Crippen LogP contribution in [0.4, 0.5) is 0 Å². The normalized spacial score (nSPS) is 12.3. The van der Waals surface area contributed by atoms with Gasteiger partial charge in [0.2, 0.25) is 0 Å². The number of hydrogen-bond acceptors (Lipinski definition) is 4. The average Bonchev–Trinajstić information content (AvgIpc) is 2.42. The molecule has 0 amide bonds. The van der Waals surface area contributed by atoms with Crippen LogP contribution in [0.15, 0.2) is 27.0 Å². The van der Waals surface area contributed by atoms with Gasteiger partial charge in [0.1, 0.15) is 11.8 Å². The number of aromatic nitrogens is 1. The smallest absolute Gasteiger partial charge is 0.155 e. The van der Waals surface area contributed by atoms with Crippen LogP contribution in [0.1, 0.15) is 25.8 Å². The van der Waals surface area contributed by atoms with Crippen molar-refractivity contribution in [3.05, 3.63) is 41.7 Å². The summed E-state index contributed by atoms with van der Waals surface area (Å²) in [6.45, 7) is 4.56. The van der Waals surface area contributed by atoms with E-state index in [1.807, 2.05) is 19.9 Å². The van der Waals surface area contributed by atoms with E-state index in [0.29, 0.717) is 30.1 Å². The minimum Gasteiger partial charge on any atom is -0.362 e. The van der Waals surface area contributed by atoms with Gasteiger partial charge in [0.15, 0.2) is 5.56 Å². The molecular formula is C13H16N4OY-2. The Morgan fingerprint density at radius 3 is 2.68 bits per heavy atom. The molecule has 0 aliphatic carbocycles. The van der Waals surface area contributed by atoms with Gasteiger partial charge in [0.25, 0.3) is 0 Å². The maximum atomic E-state index is 10.8. The van der Waals surface area contributed by atoms with Gasteiger partial charge in [-0.3, -0.25) is 9.79 Å². The molecule has 5 nitrogen and oxygen atoms in total. The number of hydrogen-bond donors (Lipinski definition) is 1. The Labute approximate surface area is 138 Å². The van der Waals surface area contributed by atoms with E-state index >= 15 is 0 Å². The summed E-state index contributed by atoms with van der Waals surface area (Å²) in [5.41, 5.74) is 0.841. The molecule has 1 N–H and O–H groups in total. The average molecular weight is 333 g/mol. The third-order valence-electron chi connectivity index (χ3n) is 1.96. The molecule has 1 radical (unpaired) electrons. The summed E-state index contributed by atoms with van der Waals surface area (Å²) >= 11 is 0. The van der Waals surface area contributed by atoms with Crippen molar-refractivity contribution in [1.29, 1.82) is 5.26 Å². The zero-order valence-electron chi connectivity index (χ0n) is 11.4. The van der Waals surface area contributed by atoms with Crippen LogP contribution in [0.25, 0.3) is 0 Å². The molecule has 99 valence electrons. The summed E-state index contributed by atoms with van der Waals surface area (Å²) in [4.78, 5) is 21.5. The maximum absolute atomic E-state index is 10.8. The first-order valence-electron chi connectivity index (χ1n) is 5.42. The van der Waals surface area contributed by atoms with Crippen LogP contribution >= 0.6 is 0 Å². The van der Waals surface area contributed by atoms with Crippen molar-refractivity contribution in [3.8, 4) is 6.07 Å². The third-order valence-corrected chi connectivity index (χ3v) is 1.96. The van der Waals surface area contributed by atoms with Crippen molar-refractivity contribution in [2.24, 2.45) is 9.98 Å². The van der Waals surface area contributed by atoms with Gasteiger partial charge >= 0.3 is 0 Å². The second-order valence-electron chi connectivity index (χ2n) is 2.99. The Kier molecular flexibility index (Phi) is 11.5. The molecule has 0 spiro atoms. The minimum atomic E-state index is -0.292. The SMILES string of the molecule is CC.N#CC1=NC(c2c[c-]c(=O)[nH]c2)=NCC1.[CH3-].[Y].